The molecule has 1 N–H and O–H groups in total. The Morgan fingerprint density at radius 2 is 1.81 bits per heavy atom. The van der Waals surface area contributed by atoms with Gasteiger partial charge in [-0.2, -0.15) is 0 Å². The van der Waals surface area contributed by atoms with Crippen LogP contribution in [0.2, 0.25) is 0 Å². The number of benzene rings is 1. The zero-order valence-electron chi connectivity index (χ0n) is 17.3. The number of fused-ring (bicyclic) bond motifs is 1. The van der Waals surface area contributed by atoms with E-state index in [4.69, 9.17) is 0 Å². The van der Waals surface area contributed by atoms with Gasteiger partial charge in [0.25, 0.3) is 10.0 Å². The molecule has 0 bridgehead atoms. The van der Waals surface area contributed by atoms with Gasteiger partial charge < -0.3 is 4.74 Å². The van der Waals surface area contributed by atoms with E-state index >= 15 is 0 Å². The van der Waals surface area contributed by atoms with Crippen LogP contribution in [0.15, 0.2) is 82.0 Å². The standard InChI is InChI=1S/C22H23F3N2O3S/c1-15(2)17-12-13-27-18(14-17)6-4-16(3)5-11-21(27)26-31(28,29)20-9-7-19(8-10-20)30-22(23,24)25/h5,7-11,13-15,26H,4,6H2,1-3H3. The van der Waals surface area contributed by atoms with Crippen molar-refractivity contribution in [1.82, 2.24) is 9.62 Å². The van der Waals surface area contributed by atoms with E-state index in [1.807, 2.05) is 19.1 Å². The van der Waals surface area contributed by atoms with E-state index in [0.717, 1.165) is 54.0 Å². The molecular weight excluding hydrogens is 429 g/mol. The molecule has 1 aromatic carbocycles. The third-order valence-electron chi connectivity index (χ3n) is 4.78. The first-order chi connectivity index (χ1) is 14.4. The van der Waals surface area contributed by atoms with Gasteiger partial charge in [0.2, 0.25) is 0 Å². The summed E-state index contributed by atoms with van der Waals surface area (Å²) in [5.41, 5.74) is 6.23. The van der Waals surface area contributed by atoms with Crippen LogP contribution in [0.5, 0.6) is 5.75 Å². The number of hydrogen-bond acceptors (Lipinski definition) is 4. The lowest BCUT2D eigenvalue weighted by atomic mass is 9.98. The van der Waals surface area contributed by atoms with Crippen LogP contribution in [0.3, 0.4) is 0 Å². The van der Waals surface area contributed by atoms with Crippen LogP contribution in [0, 0.1) is 5.92 Å². The van der Waals surface area contributed by atoms with Crippen LogP contribution in [0.1, 0.15) is 33.6 Å². The van der Waals surface area contributed by atoms with E-state index in [1.165, 1.54) is 0 Å². The number of nitrogens with zero attached hydrogens (tertiary/aromatic N) is 1. The summed E-state index contributed by atoms with van der Waals surface area (Å²) in [6.45, 7) is 6.08. The zero-order valence-corrected chi connectivity index (χ0v) is 18.1. The molecule has 31 heavy (non-hydrogen) atoms. The molecule has 0 amide bonds. The molecule has 0 saturated heterocycles. The Hall–Kier alpha value is -2.90. The van der Waals surface area contributed by atoms with E-state index in [0.29, 0.717) is 5.82 Å². The quantitative estimate of drug-likeness (QED) is 0.613. The lowest BCUT2D eigenvalue weighted by Crippen LogP contribution is -2.33. The lowest BCUT2D eigenvalue weighted by molar-refractivity contribution is -0.274. The first-order valence-electron chi connectivity index (χ1n) is 9.67. The molecule has 3 rings (SSSR count). The number of rotatable bonds is 5. The van der Waals surface area contributed by atoms with E-state index < -0.39 is 22.1 Å². The molecule has 1 aromatic rings. The molecule has 0 fully saturated rings. The van der Waals surface area contributed by atoms with Gasteiger partial charge in [0.05, 0.1) is 11.1 Å². The Morgan fingerprint density at radius 3 is 2.42 bits per heavy atom. The minimum absolute atomic E-state index is 0.185. The van der Waals surface area contributed by atoms with Gasteiger partial charge in [0, 0.05) is 5.70 Å². The zero-order chi connectivity index (χ0) is 22.8. The van der Waals surface area contributed by atoms with Gasteiger partial charge in [-0.15, -0.1) is 13.2 Å². The molecular formula is C22H23F3N2O3S. The molecule has 5 nitrogen and oxygen atoms in total. The Balaban J connectivity index is 1.91. The second-order valence-electron chi connectivity index (χ2n) is 7.58. The van der Waals surface area contributed by atoms with Crippen LogP contribution in [0.25, 0.3) is 0 Å². The highest BCUT2D eigenvalue weighted by molar-refractivity contribution is 7.89. The average Bonchev–Trinajstić information content (AvgIpc) is 2.67. The summed E-state index contributed by atoms with van der Waals surface area (Å²) in [6, 6.07) is 4.05. The van der Waals surface area contributed by atoms with Gasteiger partial charge in [-0.3, -0.25) is 9.62 Å². The maximum absolute atomic E-state index is 12.9. The lowest BCUT2D eigenvalue weighted by Gasteiger charge is -2.30. The average molecular weight is 452 g/mol. The Labute approximate surface area is 179 Å². The third-order valence-corrected chi connectivity index (χ3v) is 6.15. The molecule has 0 aromatic heterocycles. The van der Waals surface area contributed by atoms with Crippen molar-refractivity contribution in [3.05, 3.63) is 77.1 Å². The predicted molar refractivity (Wildman–Crippen MR) is 111 cm³/mol. The van der Waals surface area contributed by atoms with Crippen molar-refractivity contribution < 1.29 is 26.3 Å². The molecule has 0 unspecified atom stereocenters. The molecule has 2 aliphatic heterocycles. The number of ether oxygens (including phenoxy) is 1. The van der Waals surface area contributed by atoms with E-state index in [1.54, 1.807) is 17.2 Å². The summed E-state index contributed by atoms with van der Waals surface area (Å²) in [5.74, 6) is 0.0801. The van der Waals surface area contributed by atoms with Crippen molar-refractivity contribution in [1.29, 1.82) is 0 Å². The smallest absolute Gasteiger partial charge is 0.406 e. The summed E-state index contributed by atoms with van der Waals surface area (Å²) >= 11 is 0. The largest absolute Gasteiger partial charge is 0.573 e. The van der Waals surface area contributed by atoms with Crippen molar-refractivity contribution in [2.45, 2.75) is 44.9 Å². The molecule has 0 radical (unpaired) electrons. The minimum atomic E-state index is -4.85. The topological polar surface area (TPSA) is 58.6 Å². The Bertz CT molecular complexity index is 1110. The van der Waals surface area contributed by atoms with Crippen LogP contribution in [-0.4, -0.2) is 19.7 Å². The van der Waals surface area contributed by atoms with E-state index in [2.05, 4.69) is 29.0 Å². The van der Waals surface area contributed by atoms with Crippen molar-refractivity contribution in [3.63, 3.8) is 0 Å². The third kappa shape index (κ3) is 5.83. The highest BCUT2D eigenvalue weighted by Crippen LogP contribution is 2.29. The van der Waals surface area contributed by atoms with Crippen LogP contribution in [0.4, 0.5) is 13.2 Å². The van der Waals surface area contributed by atoms with Crippen LogP contribution < -0.4 is 9.46 Å². The first kappa shape index (κ1) is 22.8. The van der Waals surface area contributed by atoms with E-state index in [-0.39, 0.29) is 10.8 Å². The number of halogens is 3. The SMILES string of the molecule is CC1=CC=C(NS(=O)(=O)c2ccc(OC(F)(F)F)cc2)N2C=C=C(C(C)C)C=C2CC1. The van der Waals surface area contributed by atoms with Crippen molar-refractivity contribution >= 4 is 10.0 Å². The van der Waals surface area contributed by atoms with Crippen molar-refractivity contribution in [2.24, 2.45) is 5.92 Å². The molecule has 2 aliphatic rings. The summed E-state index contributed by atoms with van der Waals surface area (Å²) in [7, 11) is -4.05. The number of sulfonamides is 1. The maximum atomic E-state index is 12.9. The molecule has 2 heterocycles. The summed E-state index contributed by atoms with van der Waals surface area (Å²) in [5, 5.41) is 0. The predicted octanol–water partition coefficient (Wildman–Crippen LogP) is 5.34. The Morgan fingerprint density at radius 1 is 1.13 bits per heavy atom. The number of allylic oxidation sites excluding steroid dienone is 6. The van der Waals surface area contributed by atoms with Gasteiger partial charge in [0.1, 0.15) is 11.6 Å². The molecule has 0 atom stereocenters. The minimum Gasteiger partial charge on any atom is -0.406 e. The summed E-state index contributed by atoms with van der Waals surface area (Å²) < 4.78 is 69.1. The second kappa shape index (κ2) is 8.69. The summed E-state index contributed by atoms with van der Waals surface area (Å²) in [6.07, 6.45) is 3.92. The molecule has 9 heteroatoms. The fourth-order valence-corrected chi connectivity index (χ4v) is 4.13. The van der Waals surface area contributed by atoms with E-state index in [9.17, 15) is 21.6 Å². The molecule has 166 valence electrons. The molecule has 0 spiro atoms. The first-order valence-corrected chi connectivity index (χ1v) is 11.2. The van der Waals surface area contributed by atoms with Gasteiger partial charge in [-0.1, -0.05) is 31.2 Å². The fraction of sp³-hybridized carbons (Fsp3) is 0.318. The van der Waals surface area contributed by atoms with Gasteiger partial charge in [0.15, 0.2) is 0 Å². The monoisotopic (exact) mass is 452 g/mol. The van der Waals surface area contributed by atoms with Gasteiger partial charge in [-0.25, -0.2) is 8.42 Å². The van der Waals surface area contributed by atoms with Crippen molar-refractivity contribution in [3.8, 4) is 5.75 Å². The normalized spacial score (nSPS) is 17.1. The number of nitrogens with one attached hydrogen (secondary N) is 1. The molecule has 0 saturated carbocycles. The Kier molecular flexibility index (Phi) is 6.38. The second-order valence-corrected chi connectivity index (χ2v) is 9.26. The maximum Gasteiger partial charge on any atom is 0.573 e. The molecule has 0 aliphatic carbocycles. The highest BCUT2D eigenvalue weighted by atomic mass is 32.2. The summed E-state index contributed by atoms with van der Waals surface area (Å²) in [4.78, 5) is 1.55. The van der Waals surface area contributed by atoms with Crippen LogP contribution in [-0.2, 0) is 10.0 Å². The highest BCUT2D eigenvalue weighted by Gasteiger charge is 2.31. The van der Waals surface area contributed by atoms with Gasteiger partial charge in [-0.05, 0) is 67.7 Å². The van der Waals surface area contributed by atoms with Gasteiger partial charge >= 0.3 is 6.36 Å². The number of alkyl halides is 3. The fourth-order valence-electron chi connectivity index (χ4n) is 3.07. The van der Waals surface area contributed by atoms with Crippen molar-refractivity contribution in [2.75, 3.05) is 0 Å². The number of hydrogen-bond donors (Lipinski definition) is 1. The van der Waals surface area contributed by atoms with Crippen LogP contribution >= 0.6 is 0 Å².